The number of methoxy groups -OCH3 is 1. The summed E-state index contributed by atoms with van der Waals surface area (Å²) in [7, 11) is 1.29. The standard InChI is InChI=1S/C21H16O6/c1-24-20(22)12-25-15-6-7-16-18(10-15)27-19(21(16)23)9-13-8-14-4-2-3-5-17(14)26-11-13/h2-10H,11-12H2,1H3. The second kappa shape index (κ2) is 6.99. The largest absolute Gasteiger partial charge is 0.488 e. The van der Waals surface area contributed by atoms with E-state index in [9.17, 15) is 9.59 Å². The van der Waals surface area contributed by atoms with Crippen molar-refractivity contribution in [2.24, 2.45) is 0 Å². The highest BCUT2D eigenvalue weighted by Gasteiger charge is 2.28. The van der Waals surface area contributed by atoms with Gasteiger partial charge >= 0.3 is 5.97 Å². The Morgan fingerprint density at radius 3 is 2.89 bits per heavy atom. The molecule has 0 amide bonds. The number of ether oxygens (including phenoxy) is 4. The maximum absolute atomic E-state index is 12.6. The van der Waals surface area contributed by atoms with E-state index in [0.717, 1.165) is 16.9 Å². The summed E-state index contributed by atoms with van der Waals surface area (Å²) in [6.45, 7) is 0.149. The number of carbonyl (C=O) groups is 2. The second-order valence-corrected chi connectivity index (χ2v) is 6.01. The highest BCUT2D eigenvalue weighted by molar-refractivity contribution is 6.12. The Balaban J connectivity index is 1.54. The quantitative estimate of drug-likeness (QED) is 0.613. The summed E-state index contributed by atoms with van der Waals surface area (Å²) in [5.74, 6) is 1.16. The fourth-order valence-electron chi connectivity index (χ4n) is 2.84. The van der Waals surface area contributed by atoms with Crippen LogP contribution in [0.3, 0.4) is 0 Å². The number of rotatable bonds is 4. The summed E-state index contributed by atoms with van der Waals surface area (Å²) < 4.78 is 21.3. The Kier molecular flexibility index (Phi) is 4.38. The smallest absolute Gasteiger partial charge is 0.343 e. The van der Waals surface area contributed by atoms with E-state index < -0.39 is 5.97 Å². The van der Waals surface area contributed by atoms with E-state index in [1.165, 1.54) is 7.11 Å². The van der Waals surface area contributed by atoms with Gasteiger partial charge in [-0.3, -0.25) is 4.79 Å². The molecule has 2 aliphatic rings. The van der Waals surface area contributed by atoms with Gasteiger partial charge in [-0.05, 0) is 35.9 Å². The van der Waals surface area contributed by atoms with E-state index in [1.807, 2.05) is 30.3 Å². The third-order valence-corrected chi connectivity index (χ3v) is 4.20. The van der Waals surface area contributed by atoms with Crippen LogP contribution in [0.1, 0.15) is 15.9 Å². The predicted octanol–water partition coefficient (Wildman–Crippen LogP) is 3.17. The zero-order chi connectivity index (χ0) is 18.8. The zero-order valence-corrected chi connectivity index (χ0v) is 14.6. The summed E-state index contributed by atoms with van der Waals surface area (Å²) in [6.07, 6.45) is 3.66. The SMILES string of the molecule is COC(=O)COc1ccc2c(c1)OC(=CC1=Cc3ccccc3OC1)C2=O. The molecule has 0 spiro atoms. The highest BCUT2D eigenvalue weighted by Crippen LogP contribution is 2.35. The first-order chi connectivity index (χ1) is 13.1. The summed E-state index contributed by atoms with van der Waals surface area (Å²) in [5.41, 5.74) is 2.24. The molecule has 0 atom stereocenters. The number of allylic oxidation sites excluding steroid dienone is 1. The Labute approximate surface area is 155 Å². The molecule has 0 saturated heterocycles. The molecular formula is C21H16O6. The van der Waals surface area contributed by atoms with Crippen LogP contribution in [0.25, 0.3) is 6.08 Å². The molecule has 4 rings (SSSR count). The number of benzene rings is 2. The van der Waals surface area contributed by atoms with Gasteiger partial charge in [0.15, 0.2) is 12.4 Å². The minimum atomic E-state index is -0.488. The van der Waals surface area contributed by atoms with Crippen molar-refractivity contribution in [1.29, 1.82) is 0 Å². The van der Waals surface area contributed by atoms with Gasteiger partial charge in [-0.2, -0.15) is 0 Å². The molecule has 136 valence electrons. The third-order valence-electron chi connectivity index (χ3n) is 4.20. The van der Waals surface area contributed by atoms with Gasteiger partial charge in [-0.15, -0.1) is 0 Å². The van der Waals surface area contributed by atoms with Gasteiger partial charge in [-0.25, -0.2) is 4.79 Å². The number of carbonyl (C=O) groups excluding carboxylic acids is 2. The number of esters is 1. The molecule has 0 bridgehead atoms. The lowest BCUT2D eigenvalue weighted by atomic mass is 10.1. The molecule has 6 nitrogen and oxygen atoms in total. The normalized spacial score (nSPS) is 16.0. The number of ketones is 1. The summed E-state index contributed by atoms with van der Waals surface area (Å²) >= 11 is 0. The molecule has 0 aromatic heterocycles. The van der Waals surface area contributed by atoms with Crippen molar-refractivity contribution >= 4 is 17.8 Å². The van der Waals surface area contributed by atoms with E-state index in [-0.39, 0.29) is 18.1 Å². The number of hydrogen-bond donors (Lipinski definition) is 0. The van der Waals surface area contributed by atoms with Gasteiger partial charge in [-0.1, -0.05) is 18.2 Å². The van der Waals surface area contributed by atoms with Crippen molar-refractivity contribution in [2.75, 3.05) is 20.3 Å². The average molecular weight is 364 g/mol. The number of para-hydroxylation sites is 1. The van der Waals surface area contributed by atoms with Gasteiger partial charge in [0.1, 0.15) is 23.9 Å². The van der Waals surface area contributed by atoms with Gasteiger partial charge in [0.25, 0.3) is 0 Å². The van der Waals surface area contributed by atoms with E-state index in [0.29, 0.717) is 23.7 Å². The van der Waals surface area contributed by atoms with Gasteiger partial charge in [0.2, 0.25) is 5.78 Å². The third kappa shape index (κ3) is 3.42. The van der Waals surface area contributed by atoms with E-state index in [4.69, 9.17) is 14.2 Å². The molecule has 2 aromatic rings. The van der Waals surface area contributed by atoms with Gasteiger partial charge in [0, 0.05) is 11.6 Å². The Hall–Kier alpha value is -3.54. The molecule has 2 aromatic carbocycles. The molecule has 0 N–H and O–H groups in total. The molecule has 27 heavy (non-hydrogen) atoms. The number of fused-ring (bicyclic) bond motifs is 2. The van der Waals surface area contributed by atoms with Crippen molar-refractivity contribution in [2.45, 2.75) is 0 Å². The molecular weight excluding hydrogens is 348 g/mol. The van der Waals surface area contributed by atoms with E-state index in [1.54, 1.807) is 24.3 Å². The Morgan fingerprint density at radius 1 is 1.19 bits per heavy atom. The lowest BCUT2D eigenvalue weighted by Gasteiger charge is -2.15. The molecule has 2 aliphatic heterocycles. The first kappa shape index (κ1) is 16.9. The maximum atomic E-state index is 12.6. The van der Waals surface area contributed by atoms with Crippen LogP contribution in [0.2, 0.25) is 0 Å². The molecule has 0 unspecified atom stereocenters. The minimum absolute atomic E-state index is 0.204. The zero-order valence-electron chi connectivity index (χ0n) is 14.6. The minimum Gasteiger partial charge on any atom is -0.488 e. The van der Waals surface area contributed by atoms with Crippen LogP contribution in [0, 0.1) is 0 Å². The summed E-state index contributed by atoms with van der Waals surface area (Å²) in [5, 5.41) is 0. The first-order valence-corrected chi connectivity index (χ1v) is 8.34. The van der Waals surface area contributed by atoms with Crippen LogP contribution < -0.4 is 14.2 Å². The van der Waals surface area contributed by atoms with Crippen LogP contribution in [0.4, 0.5) is 0 Å². The van der Waals surface area contributed by atoms with E-state index >= 15 is 0 Å². The fraction of sp³-hybridized carbons (Fsp3) is 0.143. The highest BCUT2D eigenvalue weighted by atomic mass is 16.6. The molecule has 0 fully saturated rings. The Morgan fingerprint density at radius 2 is 2.04 bits per heavy atom. The van der Waals surface area contributed by atoms with Crippen LogP contribution in [-0.4, -0.2) is 32.1 Å². The molecule has 2 heterocycles. The second-order valence-electron chi connectivity index (χ2n) is 6.01. The molecule has 0 aliphatic carbocycles. The van der Waals surface area contributed by atoms with Crippen molar-refractivity contribution in [3.63, 3.8) is 0 Å². The molecule has 6 heteroatoms. The number of Topliss-reactive ketones (excluding diaryl/α,β-unsaturated/α-hetero) is 1. The lowest BCUT2D eigenvalue weighted by molar-refractivity contribution is -0.142. The predicted molar refractivity (Wildman–Crippen MR) is 96.9 cm³/mol. The van der Waals surface area contributed by atoms with Gasteiger partial charge < -0.3 is 18.9 Å². The van der Waals surface area contributed by atoms with Crippen molar-refractivity contribution in [3.05, 3.63) is 71.0 Å². The van der Waals surface area contributed by atoms with Crippen molar-refractivity contribution in [1.82, 2.24) is 0 Å². The van der Waals surface area contributed by atoms with Crippen molar-refractivity contribution in [3.8, 4) is 17.2 Å². The van der Waals surface area contributed by atoms with Crippen LogP contribution >= 0.6 is 0 Å². The lowest BCUT2D eigenvalue weighted by Crippen LogP contribution is -2.12. The molecule has 0 radical (unpaired) electrons. The number of hydrogen-bond acceptors (Lipinski definition) is 6. The monoisotopic (exact) mass is 364 g/mol. The Bertz CT molecular complexity index is 986. The summed E-state index contributed by atoms with van der Waals surface area (Å²) in [6, 6.07) is 12.5. The van der Waals surface area contributed by atoms with Crippen LogP contribution in [-0.2, 0) is 9.53 Å². The van der Waals surface area contributed by atoms with Crippen molar-refractivity contribution < 1.29 is 28.5 Å². The topological polar surface area (TPSA) is 71.1 Å². The maximum Gasteiger partial charge on any atom is 0.343 e. The van der Waals surface area contributed by atoms with Crippen LogP contribution in [0.5, 0.6) is 17.2 Å². The summed E-state index contributed by atoms with van der Waals surface area (Å²) in [4.78, 5) is 23.7. The molecule has 0 saturated carbocycles. The average Bonchev–Trinajstić information content (AvgIpc) is 3.00. The first-order valence-electron chi connectivity index (χ1n) is 8.34. The van der Waals surface area contributed by atoms with Crippen LogP contribution in [0.15, 0.2) is 59.9 Å². The fourth-order valence-corrected chi connectivity index (χ4v) is 2.84. The van der Waals surface area contributed by atoms with E-state index in [2.05, 4.69) is 4.74 Å². The van der Waals surface area contributed by atoms with Gasteiger partial charge in [0.05, 0.1) is 12.7 Å².